The molecule has 0 unspecified atom stereocenters. The fourth-order valence-corrected chi connectivity index (χ4v) is 2.31. The van der Waals surface area contributed by atoms with Crippen molar-refractivity contribution in [2.45, 2.75) is 20.3 Å². The Morgan fingerprint density at radius 2 is 2.14 bits per heavy atom. The summed E-state index contributed by atoms with van der Waals surface area (Å²) in [5, 5.41) is 0. The highest BCUT2D eigenvalue weighted by molar-refractivity contribution is 9.10. The molecule has 0 aliphatic carbocycles. The van der Waals surface area contributed by atoms with E-state index in [0.717, 1.165) is 16.5 Å². The number of hydrogen-bond acceptors (Lipinski definition) is 2. The summed E-state index contributed by atoms with van der Waals surface area (Å²) in [5.41, 5.74) is 2.94. The van der Waals surface area contributed by atoms with E-state index in [0.29, 0.717) is 5.56 Å². The average Bonchev–Trinajstić information content (AvgIpc) is 2.18. The van der Waals surface area contributed by atoms with Crippen molar-refractivity contribution in [3.63, 3.8) is 0 Å². The zero-order chi connectivity index (χ0) is 10.7. The molecule has 0 saturated carbocycles. The molecule has 1 aromatic rings. The second kappa shape index (κ2) is 4.60. The first-order chi connectivity index (χ1) is 6.61. The van der Waals surface area contributed by atoms with Crippen LogP contribution in [0.4, 0.5) is 0 Å². The average molecular weight is 257 g/mol. The van der Waals surface area contributed by atoms with Gasteiger partial charge in [-0.05, 0) is 46.5 Å². The highest BCUT2D eigenvalue weighted by atomic mass is 79.9. The Bertz CT molecular complexity index is 359. The molecule has 14 heavy (non-hydrogen) atoms. The van der Waals surface area contributed by atoms with Crippen LogP contribution in [0.1, 0.15) is 28.4 Å². The molecule has 0 aliphatic heterocycles. The van der Waals surface area contributed by atoms with E-state index in [2.05, 4.69) is 27.6 Å². The summed E-state index contributed by atoms with van der Waals surface area (Å²) in [7, 11) is 1.39. The Morgan fingerprint density at radius 3 is 2.64 bits per heavy atom. The van der Waals surface area contributed by atoms with Crippen LogP contribution in [0.25, 0.3) is 0 Å². The maximum absolute atomic E-state index is 11.4. The second-order valence-corrected chi connectivity index (χ2v) is 3.86. The molecule has 1 aromatic carbocycles. The normalized spacial score (nSPS) is 10.0. The SMILES string of the molecule is CCc1c(C)ccc(C(=O)OC)c1Br. The van der Waals surface area contributed by atoms with Crippen LogP contribution in [-0.2, 0) is 11.2 Å². The second-order valence-electron chi connectivity index (χ2n) is 3.07. The summed E-state index contributed by atoms with van der Waals surface area (Å²) in [5.74, 6) is -0.299. The zero-order valence-electron chi connectivity index (χ0n) is 8.56. The predicted octanol–water partition coefficient (Wildman–Crippen LogP) is 3.11. The molecular weight excluding hydrogens is 244 g/mol. The van der Waals surface area contributed by atoms with Crippen molar-refractivity contribution in [2.24, 2.45) is 0 Å². The summed E-state index contributed by atoms with van der Waals surface area (Å²) in [4.78, 5) is 11.4. The standard InChI is InChI=1S/C11H13BrO2/c1-4-8-7(2)5-6-9(10(8)12)11(13)14-3/h5-6H,4H2,1-3H3. The fraction of sp³-hybridized carbons (Fsp3) is 0.364. The van der Waals surface area contributed by atoms with Gasteiger partial charge in [-0.15, -0.1) is 0 Å². The van der Waals surface area contributed by atoms with Gasteiger partial charge in [-0.2, -0.15) is 0 Å². The van der Waals surface area contributed by atoms with Gasteiger partial charge < -0.3 is 4.74 Å². The molecule has 0 spiro atoms. The summed E-state index contributed by atoms with van der Waals surface area (Å²) >= 11 is 3.43. The Labute approximate surface area is 92.4 Å². The van der Waals surface area contributed by atoms with Gasteiger partial charge in [0, 0.05) is 4.47 Å². The van der Waals surface area contributed by atoms with Crippen LogP contribution in [0.3, 0.4) is 0 Å². The van der Waals surface area contributed by atoms with Crippen LogP contribution < -0.4 is 0 Å². The number of aryl methyl sites for hydroxylation is 1. The number of rotatable bonds is 2. The molecule has 0 atom stereocenters. The van der Waals surface area contributed by atoms with Gasteiger partial charge >= 0.3 is 5.97 Å². The molecule has 0 saturated heterocycles. The third kappa shape index (κ3) is 1.98. The molecule has 2 nitrogen and oxygen atoms in total. The third-order valence-electron chi connectivity index (χ3n) is 2.24. The first-order valence-electron chi connectivity index (χ1n) is 4.48. The fourth-order valence-electron chi connectivity index (χ4n) is 1.42. The zero-order valence-corrected chi connectivity index (χ0v) is 10.1. The van der Waals surface area contributed by atoms with Gasteiger partial charge in [0.15, 0.2) is 0 Å². The van der Waals surface area contributed by atoms with E-state index in [9.17, 15) is 4.79 Å². The van der Waals surface area contributed by atoms with Gasteiger partial charge in [0.2, 0.25) is 0 Å². The highest BCUT2D eigenvalue weighted by Crippen LogP contribution is 2.25. The summed E-state index contributed by atoms with van der Waals surface area (Å²) in [6.07, 6.45) is 0.900. The van der Waals surface area contributed by atoms with Crippen LogP contribution in [-0.4, -0.2) is 13.1 Å². The van der Waals surface area contributed by atoms with E-state index in [4.69, 9.17) is 0 Å². The maximum atomic E-state index is 11.4. The number of esters is 1. The smallest absolute Gasteiger partial charge is 0.339 e. The van der Waals surface area contributed by atoms with Crippen LogP contribution in [0, 0.1) is 6.92 Å². The lowest BCUT2D eigenvalue weighted by molar-refractivity contribution is 0.0599. The molecule has 0 bridgehead atoms. The molecule has 3 heteroatoms. The van der Waals surface area contributed by atoms with E-state index in [1.165, 1.54) is 12.7 Å². The van der Waals surface area contributed by atoms with Crippen molar-refractivity contribution < 1.29 is 9.53 Å². The quantitative estimate of drug-likeness (QED) is 0.761. The van der Waals surface area contributed by atoms with Crippen molar-refractivity contribution >= 4 is 21.9 Å². The molecule has 0 radical (unpaired) electrons. The van der Waals surface area contributed by atoms with Crippen molar-refractivity contribution in [3.8, 4) is 0 Å². The molecule has 0 aromatic heterocycles. The topological polar surface area (TPSA) is 26.3 Å². The van der Waals surface area contributed by atoms with Crippen molar-refractivity contribution in [3.05, 3.63) is 33.3 Å². The lowest BCUT2D eigenvalue weighted by Crippen LogP contribution is -2.04. The Balaban J connectivity index is 3.28. The molecule has 1 rings (SSSR count). The molecule has 0 aliphatic rings. The molecule has 0 fully saturated rings. The van der Waals surface area contributed by atoms with Crippen molar-refractivity contribution in [1.82, 2.24) is 0 Å². The Hall–Kier alpha value is -0.830. The molecular formula is C11H13BrO2. The van der Waals surface area contributed by atoms with E-state index < -0.39 is 0 Å². The van der Waals surface area contributed by atoms with Crippen LogP contribution >= 0.6 is 15.9 Å². The minimum absolute atomic E-state index is 0.299. The minimum Gasteiger partial charge on any atom is -0.465 e. The van der Waals surface area contributed by atoms with E-state index >= 15 is 0 Å². The maximum Gasteiger partial charge on any atom is 0.339 e. The molecule has 0 amide bonds. The van der Waals surface area contributed by atoms with Crippen LogP contribution in [0.2, 0.25) is 0 Å². The number of methoxy groups -OCH3 is 1. The first kappa shape index (κ1) is 11.2. The van der Waals surface area contributed by atoms with Gasteiger partial charge in [0.05, 0.1) is 12.7 Å². The number of benzene rings is 1. The van der Waals surface area contributed by atoms with Crippen molar-refractivity contribution in [2.75, 3.05) is 7.11 Å². The third-order valence-corrected chi connectivity index (χ3v) is 3.14. The predicted molar refractivity (Wildman–Crippen MR) is 59.6 cm³/mol. The van der Waals surface area contributed by atoms with Crippen LogP contribution in [0.15, 0.2) is 16.6 Å². The highest BCUT2D eigenvalue weighted by Gasteiger charge is 2.13. The first-order valence-corrected chi connectivity index (χ1v) is 5.27. The molecule has 0 heterocycles. The molecule has 0 N–H and O–H groups in total. The van der Waals surface area contributed by atoms with Gasteiger partial charge in [0.25, 0.3) is 0 Å². The van der Waals surface area contributed by atoms with E-state index in [1.807, 2.05) is 13.0 Å². The van der Waals surface area contributed by atoms with Gasteiger partial charge in [-0.25, -0.2) is 4.79 Å². The van der Waals surface area contributed by atoms with Crippen molar-refractivity contribution in [1.29, 1.82) is 0 Å². The minimum atomic E-state index is -0.299. The van der Waals surface area contributed by atoms with E-state index in [-0.39, 0.29) is 5.97 Å². The number of halogens is 1. The Morgan fingerprint density at radius 1 is 1.50 bits per heavy atom. The monoisotopic (exact) mass is 256 g/mol. The van der Waals surface area contributed by atoms with Crippen LogP contribution in [0.5, 0.6) is 0 Å². The lowest BCUT2D eigenvalue weighted by Gasteiger charge is -2.09. The Kier molecular flexibility index (Phi) is 3.69. The number of carbonyl (C=O) groups is 1. The van der Waals surface area contributed by atoms with Gasteiger partial charge in [-0.3, -0.25) is 0 Å². The van der Waals surface area contributed by atoms with Gasteiger partial charge in [0.1, 0.15) is 0 Å². The number of hydrogen-bond donors (Lipinski definition) is 0. The number of carbonyl (C=O) groups excluding carboxylic acids is 1. The summed E-state index contributed by atoms with van der Waals surface area (Å²) in [6.45, 7) is 4.10. The molecule has 76 valence electrons. The number of ether oxygens (including phenoxy) is 1. The van der Waals surface area contributed by atoms with Gasteiger partial charge in [-0.1, -0.05) is 13.0 Å². The largest absolute Gasteiger partial charge is 0.465 e. The summed E-state index contributed by atoms with van der Waals surface area (Å²) < 4.78 is 5.54. The summed E-state index contributed by atoms with van der Waals surface area (Å²) in [6, 6.07) is 3.72. The lowest BCUT2D eigenvalue weighted by atomic mass is 10.0. The van der Waals surface area contributed by atoms with E-state index in [1.54, 1.807) is 6.07 Å².